The maximum Gasteiger partial charge on any atom is 0.311 e. The van der Waals surface area contributed by atoms with E-state index in [-0.39, 0.29) is 12.5 Å². The van der Waals surface area contributed by atoms with Crippen LogP contribution in [0.3, 0.4) is 0 Å². The number of nitrogens with zero attached hydrogens (tertiary/aromatic N) is 1. The Bertz CT molecular complexity index is 585. The highest BCUT2D eigenvalue weighted by Crippen LogP contribution is 2.34. The second-order valence-electron chi connectivity index (χ2n) is 5.30. The Morgan fingerprint density at radius 1 is 1.43 bits per heavy atom. The van der Waals surface area contributed by atoms with Crippen molar-refractivity contribution in [2.45, 2.75) is 19.8 Å². The lowest BCUT2D eigenvalue weighted by atomic mass is 9.84. The van der Waals surface area contributed by atoms with Crippen LogP contribution in [0.2, 0.25) is 0 Å². The largest absolute Gasteiger partial charge is 0.481 e. The molecule has 21 heavy (non-hydrogen) atoms. The molecule has 1 aromatic rings. The molecule has 1 aliphatic rings. The maximum absolute atomic E-state index is 12.2. The number of hydrogen-bond acceptors (Lipinski definition) is 2. The van der Waals surface area contributed by atoms with E-state index in [4.69, 9.17) is 0 Å². The van der Waals surface area contributed by atoms with Crippen LogP contribution < -0.4 is 0 Å². The monoisotopic (exact) mass is 351 g/mol. The van der Waals surface area contributed by atoms with E-state index in [0.29, 0.717) is 19.4 Å². The smallest absolute Gasteiger partial charge is 0.311 e. The molecule has 1 amide bonds. The van der Waals surface area contributed by atoms with Gasteiger partial charge in [-0.3, -0.25) is 9.59 Å². The zero-order valence-corrected chi connectivity index (χ0v) is 13.5. The summed E-state index contributed by atoms with van der Waals surface area (Å²) in [4.78, 5) is 25.2. The molecule has 0 saturated carbocycles. The van der Waals surface area contributed by atoms with Gasteiger partial charge in [-0.05, 0) is 30.5 Å². The Labute approximate surface area is 132 Å². The quantitative estimate of drug-likeness (QED) is 0.847. The highest BCUT2D eigenvalue weighted by molar-refractivity contribution is 9.10. The lowest BCUT2D eigenvalue weighted by Gasteiger charge is -2.22. The molecule has 0 spiro atoms. The zero-order chi connectivity index (χ0) is 15.5. The van der Waals surface area contributed by atoms with Crippen molar-refractivity contribution in [1.82, 2.24) is 4.90 Å². The van der Waals surface area contributed by atoms with Gasteiger partial charge in [0.05, 0.1) is 5.41 Å². The van der Waals surface area contributed by atoms with Crippen molar-refractivity contribution >= 4 is 33.9 Å². The molecule has 5 heteroatoms. The minimum absolute atomic E-state index is 0.137. The Morgan fingerprint density at radius 3 is 2.71 bits per heavy atom. The summed E-state index contributed by atoms with van der Waals surface area (Å²) in [5.74, 6) is -0.947. The fraction of sp³-hybridized carbons (Fsp3) is 0.375. The average molecular weight is 352 g/mol. The molecular weight excluding hydrogens is 334 g/mol. The van der Waals surface area contributed by atoms with E-state index in [9.17, 15) is 14.7 Å². The second-order valence-corrected chi connectivity index (χ2v) is 6.16. The third kappa shape index (κ3) is 3.35. The molecule has 2 rings (SSSR count). The van der Waals surface area contributed by atoms with E-state index < -0.39 is 11.4 Å². The molecular formula is C16H18BrNO3. The van der Waals surface area contributed by atoms with Crippen LogP contribution in [-0.4, -0.2) is 35.0 Å². The molecule has 1 unspecified atom stereocenters. The van der Waals surface area contributed by atoms with E-state index in [0.717, 1.165) is 10.0 Å². The van der Waals surface area contributed by atoms with Crippen molar-refractivity contribution in [2.75, 3.05) is 13.1 Å². The van der Waals surface area contributed by atoms with E-state index >= 15 is 0 Å². The number of rotatable bonds is 4. The SMILES string of the molecule is CCC1(C(=O)O)CCN(C(=O)C=Cc2ccccc2Br)C1. The maximum atomic E-state index is 12.2. The number of benzene rings is 1. The van der Waals surface area contributed by atoms with Gasteiger partial charge in [0.15, 0.2) is 0 Å². The standard InChI is InChI=1S/C16H18BrNO3/c1-2-16(15(20)21)9-10-18(11-16)14(19)8-7-12-5-3-4-6-13(12)17/h3-8H,2,9-11H2,1H3,(H,20,21). The van der Waals surface area contributed by atoms with Crippen molar-refractivity contribution in [3.05, 3.63) is 40.4 Å². The molecule has 1 heterocycles. The summed E-state index contributed by atoms with van der Waals surface area (Å²) in [7, 11) is 0. The number of hydrogen-bond donors (Lipinski definition) is 1. The Hall–Kier alpha value is -1.62. The highest BCUT2D eigenvalue weighted by atomic mass is 79.9. The topological polar surface area (TPSA) is 57.6 Å². The van der Waals surface area contributed by atoms with Gasteiger partial charge in [0.2, 0.25) is 5.91 Å². The third-order valence-corrected chi connectivity index (χ3v) is 4.83. The summed E-state index contributed by atoms with van der Waals surface area (Å²) in [6.07, 6.45) is 4.32. The van der Waals surface area contributed by atoms with Crippen LogP contribution >= 0.6 is 15.9 Å². The molecule has 1 N–H and O–H groups in total. The first-order chi connectivity index (χ1) is 9.98. The van der Waals surface area contributed by atoms with Crippen LogP contribution in [0, 0.1) is 5.41 Å². The lowest BCUT2D eigenvalue weighted by molar-refractivity contribution is -0.148. The van der Waals surface area contributed by atoms with E-state index in [1.807, 2.05) is 31.2 Å². The second kappa shape index (κ2) is 6.43. The Morgan fingerprint density at radius 2 is 2.14 bits per heavy atom. The molecule has 1 aromatic carbocycles. The van der Waals surface area contributed by atoms with Crippen molar-refractivity contribution in [2.24, 2.45) is 5.41 Å². The van der Waals surface area contributed by atoms with Gasteiger partial charge in [0, 0.05) is 23.6 Å². The number of amides is 1. The van der Waals surface area contributed by atoms with Crippen LogP contribution in [0.5, 0.6) is 0 Å². The fourth-order valence-electron chi connectivity index (χ4n) is 2.55. The van der Waals surface area contributed by atoms with Crippen molar-refractivity contribution < 1.29 is 14.7 Å². The van der Waals surface area contributed by atoms with Crippen LogP contribution in [0.4, 0.5) is 0 Å². The Balaban J connectivity index is 2.06. The summed E-state index contributed by atoms with van der Waals surface area (Å²) in [5.41, 5.74) is 0.140. The van der Waals surface area contributed by atoms with Crippen LogP contribution in [0.1, 0.15) is 25.3 Å². The minimum Gasteiger partial charge on any atom is -0.481 e. The number of likely N-dealkylation sites (tertiary alicyclic amines) is 1. The highest BCUT2D eigenvalue weighted by Gasteiger charge is 2.44. The first kappa shape index (κ1) is 15.8. The Kier molecular flexibility index (Phi) is 4.83. The number of carboxylic acids is 1. The summed E-state index contributed by atoms with van der Waals surface area (Å²) < 4.78 is 0.920. The van der Waals surface area contributed by atoms with Crippen LogP contribution in [0.25, 0.3) is 6.08 Å². The van der Waals surface area contributed by atoms with Crippen LogP contribution in [0.15, 0.2) is 34.8 Å². The molecule has 112 valence electrons. The number of carboxylic acid groups (broad SMARTS) is 1. The predicted octanol–water partition coefficient (Wildman–Crippen LogP) is 3.18. The average Bonchev–Trinajstić information content (AvgIpc) is 2.92. The molecule has 4 nitrogen and oxygen atoms in total. The summed E-state index contributed by atoms with van der Waals surface area (Å²) >= 11 is 3.42. The number of carbonyl (C=O) groups excluding carboxylic acids is 1. The van der Waals surface area contributed by atoms with E-state index in [1.54, 1.807) is 11.0 Å². The van der Waals surface area contributed by atoms with Gasteiger partial charge in [0.1, 0.15) is 0 Å². The zero-order valence-electron chi connectivity index (χ0n) is 11.9. The number of carbonyl (C=O) groups is 2. The third-order valence-electron chi connectivity index (χ3n) is 4.11. The van der Waals surface area contributed by atoms with Crippen molar-refractivity contribution in [3.8, 4) is 0 Å². The molecule has 1 fully saturated rings. The summed E-state index contributed by atoms with van der Waals surface area (Å²) in [5, 5.41) is 9.35. The van der Waals surface area contributed by atoms with Gasteiger partial charge < -0.3 is 10.0 Å². The van der Waals surface area contributed by atoms with Gasteiger partial charge in [-0.25, -0.2) is 0 Å². The van der Waals surface area contributed by atoms with Gasteiger partial charge in [0.25, 0.3) is 0 Å². The first-order valence-electron chi connectivity index (χ1n) is 6.93. The predicted molar refractivity (Wildman–Crippen MR) is 84.7 cm³/mol. The first-order valence-corrected chi connectivity index (χ1v) is 7.73. The normalized spacial score (nSPS) is 21.9. The van der Waals surface area contributed by atoms with Gasteiger partial charge >= 0.3 is 5.97 Å². The number of aliphatic carboxylic acids is 1. The molecule has 1 aliphatic heterocycles. The molecule has 0 bridgehead atoms. The number of halogens is 1. The lowest BCUT2D eigenvalue weighted by Crippen LogP contribution is -2.35. The molecule has 1 saturated heterocycles. The van der Waals surface area contributed by atoms with Crippen LogP contribution in [-0.2, 0) is 9.59 Å². The molecule has 1 atom stereocenters. The summed E-state index contributed by atoms with van der Waals surface area (Å²) in [6, 6.07) is 7.63. The van der Waals surface area contributed by atoms with Gasteiger partial charge in [-0.2, -0.15) is 0 Å². The van der Waals surface area contributed by atoms with E-state index in [1.165, 1.54) is 6.08 Å². The van der Waals surface area contributed by atoms with E-state index in [2.05, 4.69) is 15.9 Å². The van der Waals surface area contributed by atoms with Crippen molar-refractivity contribution in [3.63, 3.8) is 0 Å². The summed E-state index contributed by atoms with van der Waals surface area (Å²) in [6.45, 7) is 2.65. The molecule has 0 radical (unpaired) electrons. The van der Waals surface area contributed by atoms with Gasteiger partial charge in [-0.1, -0.05) is 41.1 Å². The minimum atomic E-state index is -0.810. The fourth-order valence-corrected chi connectivity index (χ4v) is 2.97. The van der Waals surface area contributed by atoms with Gasteiger partial charge in [-0.15, -0.1) is 0 Å². The molecule has 0 aromatic heterocycles. The molecule has 0 aliphatic carbocycles. The van der Waals surface area contributed by atoms with Crippen molar-refractivity contribution in [1.29, 1.82) is 0 Å².